The minimum Gasteiger partial charge on any atom is -0.490 e. The molecule has 0 atom stereocenters. The highest BCUT2D eigenvalue weighted by molar-refractivity contribution is 6.32. The molecule has 0 aliphatic carbocycles. The summed E-state index contributed by atoms with van der Waals surface area (Å²) in [6.45, 7) is 4.52. The number of hydrogen-bond donors (Lipinski definition) is 0. The van der Waals surface area contributed by atoms with E-state index in [1.165, 1.54) is 12.1 Å². The molecular weight excluding hydrogens is 412 g/mol. The molecule has 0 N–H and O–H groups in total. The van der Waals surface area contributed by atoms with Gasteiger partial charge in [0.1, 0.15) is 12.4 Å². The third-order valence-corrected chi connectivity index (χ3v) is 4.83. The van der Waals surface area contributed by atoms with Crippen molar-refractivity contribution in [1.29, 1.82) is 0 Å². The SMILES string of the molecule is CCOc1cc(C=Nc2ccc(C)c(Cl)c2)cc(Cl)c1OCc1ccc(F)cc1. The van der Waals surface area contributed by atoms with Crippen LogP contribution in [0.15, 0.2) is 59.6 Å². The third kappa shape index (κ3) is 5.72. The van der Waals surface area contributed by atoms with Crippen LogP contribution in [0, 0.1) is 12.7 Å². The molecule has 3 aromatic rings. The van der Waals surface area contributed by atoms with Crippen molar-refractivity contribution in [2.75, 3.05) is 6.61 Å². The minimum atomic E-state index is -0.291. The lowest BCUT2D eigenvalue weighted by molar-refractivity contribution is 0.269. The highest BCUT2D eigenvalue weighted by Gasteiger charge is 2.12. The summed E-state index contributed by atoms with van der Waals surface area (Å²) in [5.74, 6) is 0.666. The van der Waals surface area contributed by atoms with Crippen LogP contribution in [0.5, 0.6) is 11.5 Å². The number of halogens is 3. The number of nitrogens with zero attached hydrogens (tertiary/aromatic N) is 1. The van der Waals surface area contributed by atoms with E-state index in [9.17, 15) is 4.39 Å². The Kier molecular flexibility index (Phi) is 7.13. The lowest BCUT2D eigenvalue weighted by Crippen LogP contribution is -2.01. The van der Waals surface area contributed by atoms with Crippen molar-refractivity contribution in [1.82, 2.24) is 0 Å². The maximum atomic E-state index is 13.1. The smallest absolute Gasteiger partial charge is 0.180 e. The maximum Gasteiger partial charge on any atom is 0.180 e. The monoisotopic (exact) mass is 431 g/mol. The van der Waals surface area contributed by atoms with E-state index in [1.54, 1.807) is 30.5 Å². The van der Waals surface area contributed by atoms with E-state index in [1.807, 2.05) is 32.0 Å². The number of ether oxygens (including phenoxy) is 2. The quantitative estimate of drug-likeness (QED) is 0.371. The molecule has 0 aromatic heterocycles. The largest absolute Gasteiger partial charge is 0.490 e. The molecule has 0 aliphatic rings. The standard InChI is InChI=1S/C23H20Cl2FNO2/c1-3-28-22-11-17(13-27-19-9-4-15(2)20(24)12-19)10-21(25)23(22)29-14-16-5-7-18(26)8-6-16/h4-13H,3,14H2,1-2H3. The summed E-state index contributed by atoms with van der Waals surface area (Å²) in [7, 11) is 0. The van der Waals surface area contributed by atoms with E-state index in [0.717, 1.165) is 22.4 Å². The first-order valence-corrected chi connectivity index (χ1v) is 9.85. The zero-order chi connectivity index (χ0) is 20.8. The van der Waals surface area contributed by atoms with E-state index in [-0.39, 0.29) is 12.4 Å². The number of rotatable bonds is 7. The third-order valence-electron chi connectivity index (χ3n) is 4.15. The fourth-order valence-electron chi connectivity index (χ4n) is 2.61. The van der Waals surface area contributed by atoms with Crippen LogP contribution in [0.1, 0.15) is 23.6 Å². The van der Waals surface area contributed by atoms with Gasteiger partial charge in [0.2, 0.25) is 0 Å². The highest BCUT2D eigenvalue weighted by Crippen LogP contribution is 2.37. The molecule has 0 unspecified atom stereocenters. The van der Waals surface area contributed by atoms with Gasteiger partial charge in [0.05, 0.1) is 17.3 Å². The molecule has 0 heterocycles. The molecule has 0 amide bonds. The first-order chi connectivity index (χ1) is 14.0. The van der Waals surface area contributed by atoms with Crippen LogP contribution in [-0.2, 0) is 6.61 Å². The predicted molar refractivity (Wildman–Crippen MR) is 117 cm³/mol. The first kappa shape index (κ1) is 21.2. The van der Waals surface area contributed by atoms with Gasteiger partial charge in [-0.3, -0.25) is 4.99 Å². The Morgan fingerprint density at radius 1 is 0.966 bits per heavy atom. The van der Waals surface area contributed by atoms with Crippen molar-refractivity contribution in [3.63, 3.8) is 0 Å². The van der Waals surface area contributed by atoms with E-state index in [4.69, 9.17) is 32.7 Å². The second-order valence-electron chi connectivity index (χ2n) is 6.37. The molecule has 3 aromatic carbocycles. The van der Waals surface area contributed by atoms with Gasteiger partial charge >= 0.3 is 0 Å². The van der Waals surface area contributed by atoms with Gasteiger partial charge in [-0.25, -0.2) is 4.39 Å². The topological polar surface area (TPSA) is 30.8 Å². The van der Waals surface area contributed by atoms with Crippen molar-refractivity contribution in [2.45, 2.75) is 20.5 Å². The molecule has 0 radical (unpaired) electrons. The summed E-state index contributed by atoms with van der Waals surface area (Å²) in [6, 6.07) is 15.3. The summed E-state index contributed by atoms with van der Waals surface area (Å²) in [5.41, 5.74) is 3.33. The average Bonchev–Trinajstić information content (AvgIpc) is 2.70. The predicted octanol–water partition coefficient (Wildman–Crippen LogP) is 7.17. The van der Waals surface area contributed by atoms with Crippen molar-refractivity contribution in [2.24, 2.45) is 4.99 Å². The summed E-state index contributed by atoms with van der Waals surface area (Å²) >= 11 is 12.6. The molecule has 3 rings (SSSR count). The van der Waals surface area contributed by atoms with Gasteiger partial charge < -0.3 is 9.47 Å². The molecular formula is C23H20Cl2FNO2. The van der Waals surface area contributed by atoms with Gasteiger partial charge in [0, 0.05) is 11.2 Å². The molecule has 0 spiro atoms. The Morgan fingerprint density at radius 3 is 2.41 bits per heavy atom. The van der Waals surface area contributed by atoms with E-state index < -0.39 is 0 Å². The second kappa shape index (κ2) is 9.77. The van der Waals surface area contributed by atoms with Gasteiger partial charge in [-0.2, -0.15) is 0 Å². The average molecular weight is 432 g/mol. The van der Waals surface area contributed by atoms with E-state index in [0.29, 0.717) is 28.2 Å². The zero-order valence-electron chi connectivity index (χ0n) is 16.1. The normalized spacial score (nSPS) is 11.1. The van der Waals surface area contributed by atoms with Crippen molar-refractivity contribution in [3.8, 4) is 11.5 Å². The molecule has 150 valence electrons. The molecule has 0 saturated carbocycles. The lowest BCUT2D eigenvalue weighted by Gasteiger charge is -2.14. The summed E-state index contributed by atoms with van der Waals surface area (Å²) < 4.78 is 24.6. The Bertz CT molecular complexity index is 1020. The van der Waals surface area contributed by atoms with Crippen LogP contribution < -0.4 is 9.47 Å². The number of aliphatic imine (C=N–C) groups is 1. The molecule has 0 saturated heterocycles. The fraction of sp³-hybridized carbons (Fsp3) is 0.174. The number of aryl methyl sites for hydroxylation is 1. The lowest BCUT2D eigenvalue weighted by atomic mass is 10.2. The summed E-state index contributed by atoms with van der Waals surface area (Å²) in [5, 5.41) is 1.07. The van der Waals surface area contributed by atoms with Gasteiger partial charge in [0.25, 0.3) is 0 Å². The molecule has 0 aliphatic heterocycles. The minimum absolute atomic E-state index is 0.245. The van der Waals surface area contributed by atoms with E-state index in [2.05, 4.69) is 4.99 Å². The number of benzene rings is 3. The summed E-state index contributed by atoms with van der Waals surface area (Å²) in [6.07, 6.45) is 1.69. The molecule has 0 fully saturated rings. The van der Waals surface area contributed by atoms with Crippen molar-refractivity contribution in [3.05, 3.63) is 87.2 Å². The Balaban J connectivity index is 1.82. The summed E-state index contributed by atoms with van der Waals surface area (Å²) in [4.78, 5) is 4.45. The molecule has 0 bridgehead atoms. The van der Waals surface area contributed by atoms with Crippen LogP contribution in [-0.4, -0.2) is 12.8 Å². The van der Waals surface area contributed by atoms with Gasteiger partial charge in [-0.1, -0.05) is 41.4 Å². The Morgan fingerprint density at radius 2 is 1.72 bits per heavy atom. The van der Waals surface area contributed by atoms with Crippen LogP contribution in [0.3, 0.4) is 0 Å². The first-order valence-electron chi connectivity index (χ1n) is 9.10. The van der Waals surface area contributed by atoms with Crippen LogP contribution in [0.4, 0.5) is 10.1 Å². The Hall–Kier alpha value is -2.56. The van der Waals surface area contributed by atoms with Crippen molar-refractivity contribution < 1.29 is 13.9 Å². The highest BCUT2D eigenvalue weighted by atomic mass is 35.5. The fourth-order valence-corrected chi connectivity index (χ4v) is 3.06. The van der Waals surface area contributed by atoms with E-state index >= 15 is 0 Å². The Labute approximate surface area is 179 Å². The second-order valence-corrected chi connectivity index (χ2v) is 7.18. The zero-order valence-corrected chi connectivity index (χ0v) is 17.6. The molecule has 6 heteroatoms. The van der Waals surface area contributed by atoms with Crippen LogP contribution in [0.2, 0.25) is 10.0 Å². The van der Waals surface area contributed by atoms with Crippen LogP contribution in [0.25, 0.3) is 0 Å². The maximum absolute atomic E-state index is 13.1. The van der Waals surface area contributed by atoms with Gasteiger partial charge in [-0.15, -0.1) is 0 Å². The van der Waals surface area contributed by atoms with Crippen molar-refractivity contribution >= 4 is 35.1 Å². The van der Waals surface area contributed by atoms with Gasteiger partial charge in [0.15, 0.2) is 11.5 Å². The van der Waals surface area contributed by atoms with Crippen LogP contribution >= 0.6 is 23.2 Å². The van der Waals surface area contributed by atoms with Gasteiger partial charge in [-0.05, 0) is 66.9 Å². The molecule has 3 nitrogen and oxygen atoms in total. The molecule has 29 heavy (non-hydrogen) atoms. The number of hydrogen-bond acceptors (Lipinski definition) is 3.